The molecule has 0 aromatic carbocycles. The highest BCUT2D eigenvalue weighted by molar-refractivity contribution is 5.67. The number of nitrogens with one attached hydrogen (secondary N) is 1. The summed E-state index contributed by atoms with van der Waals surface area (Å²) in [4.78, 5) is 12.6. The third-order valence-electron chi connectivity index (χ3n) is 13.2. The number of ether oxygens (including phenoxy) is 5. The maximum atomic E-state index is 12.6. The maximum Gasteiger partial charge on any atom is 0.407 e. The minimum absolute atomic E-state index is 0.0221. The number of alkyl carbamates (subject to hydrolysis) is 1. The molecule has 8 heteroatoms. The molecule has 0 radical (unpaired) electrons. The van der Waals surface area contributed by atoms with Gasteiger partial charge in [-0.2, -0.15) is 0 Å². The first-order valence-electron chi connectivity index (χ1n) is 20.2. The van der Waals surface area contributed by atoms with Gasteiger partial charge in [0.2, 0.25) is 0 Å². The Morgan fingerprint density at radius 2 is 1.57 bits per heavy atom. The topological polar surface area (TPSA) is 95.5 Å². The van der Waals surface area contributed by atoms with Crippen LogP contribution in [-0.4, -0.2) is 82.8 Å². The number of carbonyl (C=O) groups is 1. The van der Waals surface area contributed by atoms with Crippen LogP contribution >= 0.6 is 0 Å². The fourth-order valence-electron chi connectivity index (χ4n) is 10.3. The summed E-state index contributed by atoms with van der Waals surface area (Å²) in [6.45, 7) is 18.9. The minimum atomic E-state index is -0.401. The van der Waals surface area contributed by atoms with Gasteiger partial charge in [0, 0.05) is 19.6 Å². The van der Waals surface area contributed by atoms with Crippen molar-refractivity contribution in [2.75, 3.05) is 59.4 Å². The molecule has 0 bridgehead atoms. The van der Waals surface area contributed by atoms with Crippen LogP contribution in [0.3, 0.4) is 0 Å². The summed E-state index contributed by atoms with van der Waals surface area (Å²) < 4.78 is 27.9. The second-order valence-electron chi connectivity index (χ2n) is 16.8. The molecule has 8 nitrogen and oxygen atoms in total. The van der Waals surface area contributed by atoms with Crippen molar-refractivity contribution in [1.82, 2.24) is 5.32 Å². The first kappa shape index (κ1) is 40.6. The van der Waals surface area contributed by atoms with Crippen LogP contribution in [0.1, 0.15) is 125 Å². The lowest BCUT2D eigenvalue weighted by Crippen LogP contribution is -2.51. The molecule has 9 atom stereocenters. The zero-order valence-electron chi connectivity index (χ0n) is 32.1. The summed E-state index contributed by atoms with van der Waals surface area (Å²) in [6.07, 6.45) is 17.3. The van der Waals surface area contributed by atoms with Crippen LogP contribution in [-0.2, 0) is 23.7 Å². The third kappa shape index (κ3) is 11.4. The lowest BCUT2D eigenvalue weighted by molar-refractivity contribution is -0.0581. The van der Waals surface area contributed by atoms with E-state index >= 15 is 0 Å². The lowest BCUT2D eigenvalue weighted by atomic mass is 9.47. The van der Waals surface area contributed by atoms with E-state index in [0.29, 0.717) is 71.2 Å². The van der Waals surface area contributed by atoms with Gasteiger partial charge in [-0.05, 0) is 104 Å². The molecule has 1 amide bonds. The van der Waals surface area contributed by atoms with E-state index < -0.39 is 6.10 Å². The van der Waals surface area contributed by atoms with Crippen molar-refractivity contribution >= 4 is 6.09 Å². The Bertz CT molecular complexity index is 1000. The normalized spacial score (nSPS) is 32.2. The van der Waals surface area contributed by atoms with Crippen LogP contribution in [0.2, 0.25) is 0 Å². The lowest BCUT2D eigenvalue weighted by Gasteiger charge is -2.58. The van der Waals surface area contributed by atoms with Crippen molar-refractivity contribution in [1.29, 1.82) is 0 Å². The molecule has 2 N–H and O–H groups in total. The molecule has 0 saturated heterocycles. The van der Waals surface area contributed by atoms with E-state index in [1.165, 1.54) is 51.4 Å². The summed E-state index contributed by atoms with van der Waals surface area (Å²) in [6, 6.07) is 0. The van der Waals surface area contributed by atoms with Gasteiger partial charge in [0.15, 0.2) is 0 Å². The number of carbonyl (C=O) groups excluding carboxylic acids is 1. The molecular weight excluding hydrogens is 618 g/mol. The van der Waals surface area contributed by atoms with E-state index in [1.54, 1.807) is 5.57 Å². The molecule has 284 valence electrons. The molecule has 0 aromatic rings. The molecule has 3 fully saturated rings. The van der Waals surface area contributed by atoms with E-state index in [0.717, 1.165) is 61.2 Å². The van der Waals surface area contributed by atoms with Crippen LogP contribution in [0.15, 0.2) is 11.6 Å². The van der Waals surface area contributed by atoms with Crippen molar-refractivity contribution in [2.45, 2.75) is 137 Å². The molecule has 0 heterocycles. The predicted octanol–water partition coefficient (Wildman–Crippen LogP) is 8.35. The number of amides is 1. The van der Waals surface area contributed by atoms with Crippen molar-refractivity contribution < 1.29 is 33.6 Å². The second kappa shape index (κ2) is 20.2. The predicted molar refractivity (Wildman–Crippen MR) is 196 cm³/mol. The zero-order chi connectivity index (χ0) is 35.3. The Balaban J connectivity index is 1.07. The number of hydrogen-bond acceptors (Lipinski definition) is 7. The van der Waals surface area contributed by atoms with E-state index in [1.807, 2.05) is 6.92 Å². The van der Waals surface area contributed by atoms with Crippen LogP contribution in [0.4, 0.5) is 4.79 Å². The van der Waals surface area contributed by atoms with E-state index in [-0.39, 0.29) is 17.6 Å². The molecule has 5 unspecified atom stereocenters. The summed E-state index contributed by atoms with van der Waals surface area (Å²) >= 11 is 0. The Morgan fingerprint density at radius 1 is 0.878 bits per heavy atom. The zero-order valence-corrected chi connectivity index (χ0v) is 32.1. The SMILES string of the molecule is CCC(O)COCCOCCOCCOCCCNC(=O)O[C@H]1CC[C@@]2(C)C(=CCC3C4CCC([C@H](C)CCCC(C)C)[C@@]4(C)CCC32)C1. The quantitative estimate of drug-likeness (QED) is 0.0871. The molecule has 0 aromatic heterocycles. The first-order chi connectivity index (χ1) is 23.6. The van der Waals surface area contributed by atoms with Crippen molar-refractivity contribution in [2.24, 2.45) is 46.3 Å². The highest BCUT2D eigenvalue weighted by Gasteiger charge is 2.59. The fraction of sp³-hybridized carbons (Fsp3) is 0.927. The number of aliphatic hydroxyl groups excluding tert-OH is 1. The summed E-state index contributed by atoms with van der Waals surface area (Å²) in [5.41, 5.74) is 2.35. The van der Waals surface area contributed by atoms with Gasteiger partial charge in [0.25, 0.3) is 0 Å². The summed E-state index contributed by atoms with van der Waals surface area (Å²) in [5, 5.41) is 12.4. The van der Waals surface area contributed by atoms with Gasteiger partial charge in [-0.15, -0.1) is 0 Å². The van der Waals surface area contributed by atoms with Crippen molar-refractivity contribution in [3.8, 4) is 0 Å². The second-order valence-corrected chi connectivity index (χ2v) is 16.8. The smallest absolute Gasteiger partial charge is 0.407 e. The fourth-order valence-corrected chi connectivity index (χ4v) is 10.3. The van der Waals surface area contributed by atoms with E-state index in [2.05, 4.69) is 46.0 Å². The highest BCUT2D eigenvalue weighted by Crippen LogP contribution is 2.67. The number of rotatable bonds is 22. The van der Waals surface area contributed by atoms with Crippen molar-refractivity contribution in [3.63, 3.8) is 0 Å². The Morgan fingerprint density at radius 3 is 2.27 bits per heavy atom. The van der Waals surface area contributed by atoms with E-state index in [9.17, 15) is 9.90 Å². The third-order valence-corrected chi connectivity index (χ3v) is 13.2. The van der Waals surface area contributed by atoms with Crippen LogP contribution < -0.4 is 5.32 Å². The number of aliphatic hydroxyl groups is 1. The van der Waals surface area contributed by atoms with Crippen LogP contribution in [0.5, 0.6) is 0 Å². The standard InChI is InChI=1S/C41H73NO7/c1-7-33(43)29-48-27-26-47-25-24-46-23-22-45-21-9-20-42-39(44)49-34-16-18-40(5)32(28-34)12-13-35-37-15-14-36(31(4)11-8-10-30(2)3)41(37,6)19-17-38(35)40/h12,30-31,33-38,43H,7-11,13-29H2,1-6H3,(H,42,44)/t31-,33?,34+,35?,36?,37?,38?,40+,41-/m1/s1. The molecule has 4 aliphatic carbocycles. The molecule has 4 rings (SSSR count). The Labute approximate surface area is 299 Å². The average Bonchev–Trinajstić information content (AvgIpc) is 3.43. The monoisotopic (exact) mass is 692 g/mol. The minimum Gasteiger partial charge on any atom is -0.446 e. The van der Waals surface area contributed by atoms with E-state index in [4.69, 9.17) is 23.7 Å². The molecule has 0 aliphatic heterocycles. The molecular formula is C41H73NO7. The van der Waals surface area contributed by atoms with Crippen LogP contribution in [0, 0.1) is 46.3 Å². The maximum absolute atomic E-state index is 12.6. The van der Waals surface area contributed by atoms with Gasteiger partial charge >= 0.3 is 6.09 Å². The molecule has 3 saturated carbocycles. The van der Waals surface area contributed by atoms with Gasteiger partial charge in [-0.3, -0.25) is 0 Å². The van der Waals surface area contributed by atoms with Gasteiger partial charge in [-0.25, -0.2) is 4.79 Å². The highest BCUT2D eigenvalue weighted by atomic mass is 16.6. The summed E-state index contributed by atoms with van der Waals surface area (Å²) in [5.74, 6) is 5.05. The summed E-state index contributed by atoms with van der Waals surface area (Å²) in [7, 11) is 0. The Kier molecular flexibility index (Phi) is 16.7. The van der Waals surface area contributed by atoms with Gasteiger partial charge in [-0.1, -0.05) is 72.5 Å². The Hall–Kier alpha value is -1.19. The number of allylic oxidation sites excluding steroid dienone is 1. The molecule has 4 aliphatic rings. The number of hydrogen-bond donors (Lipinski definition) is 2. The molecule has 0 spiro atoms. The van der Waals surface area contributed by atoms with Gasteiger partial charge in [0.1, 0.15) is 6.10 Å². The molecule has 49 heavy (non-hydrogen) atoms. The van der Waals surface area contributed by atoms with Gasteiger partial charge < -0.3 is 34.1 Å². The van der Waals surface area contributed by atoms with Crippen LogP contribution in [0.25, 0.3) is 0 Å². The van der Waals surface area contributed by atoms with Crippen molar-refractivity contribution in [3.05, 3.63) is 11.6 Å². The first-order valence-corrected chi connectivity index (χ1v) is 20.2. The average molecular weight is 692 g/mol. The number of fused-ring (bicyclic) bond motifs is 5. The largest absolute Gasteiger partial charge is 0.446 e. The van der Waals surface area contributed by atoms with Gasteiger partial charge in [0.05, 0.1) is 52.4 Å².